The van der Waals surface area contributed by atoms with Gasteiger partial charge < -0.3 is 9.84 Å². The first kappa shape index (κ1) is 14.0. The smallest absolute Gasteiger partial charge is 0.325 e. The summed E-state index contributed by atoms with van der Waals surface area (Å²) < 4.78 is 5.06. The van der Waals surface area contributed by atoms with Gasteiger partial charge in [-0.2, -0.15) is 0 Å². The topological polar surface area (TPSA) is 71.5 Å². The summed E-state index contributed by atoms with van der Waals surface area (Å²) in [7, 11) is 1.57. The van der Waals surface area contributed by atoms with Crippen molar-refractivity contribution in [3.05, 3.63) is 59.9 Å². The fourth-order valence-electron chi connectivity index (χ4n) is 1.87. The number of aromatic nitrogens is 1. The van der Waals surface area contributed by atoms with Gasteiger partial charge in [-0.25, -0.2) is 0 Å². The number of nitrogens with one attached hydrogen (secondary N) is 1. The molecule has 1 unspecified atom stereocenters. The van der Waals surface area contributed by atoms with E-state index in [-0.39, 0.29) is 0 Å². The van der Waals surface area contributed by atoms with Crippen molar-refractivity contribution in [3.8, 4) is 5.75 Å². The van der Waals surface area contributed by atoms with Crippen LogP contribution in [0.25, 0.3) is 0 Å². The number of aliphatic carboxylic acids is 1. The normalized spacial score (nSPS) is 11.8. The number of carboxylic acid groups (broad SMARTS) is 1. The number of carboxylic acids is 1. The lowest BCUT2D eigenvalue weighted by Gasteiger charge is -2.15. The van der Waals surface area contributed by atoms with Crippen LogP contribution in [0.5, 0.6) is 5.75 Å². The lowest BCUT2D eigenvalue weighted by atomic mass is 10.1. The van der Waals surface area contributed by atoms with Crippen LogP contribution >= 0.6 is 0 Å². The van der Waals surface area contributed by atoms with Crippen LogP contribution in [0.2, 0.25) is 0 Å². The van der Waals surface area contributed by atoms with Crippen molar-refractivity contribution in [1.82, 2.24) is 10.3 Å². The van der Waals surface area contributed by atoms with E-state index in [0.29, 0.717) is 17.9 Å². The lowest BCUT2D eigenvalue weighted by Crippen LogP contribution is -2.28. The van der Waals surface area contributed by atoms with E-state index >= 15 is 0 Å². The molecular formula is C15H16N2O3. The Hall–Kier alpha value is -2.40. The first-order valence-electron chi connectivity index (χ1n) is 6.20. The van der Waals surface area contributed by atoms with Gasteiger partial charge in [0.25, 0.3) is 0 Å². The zero-order valence-electron chi connectivity index (χ0n) is 11.1. The van der Waals surface area contributed by atoms with Crippen molar-refractivity contribution >= 4 is 5.97 Å². The minimum Gasteiger partial charge on any atom is -0.497 e. The Bertz CT molecular complexity index is 555. The fourth-order valence-corrected chi connectivity index (χ4v) is 1.87. The highest BCUT2D eigenvalue weighted by atomic mass is 16.5. The third-order valence-corrected chi connectivity index (χ3v) is 2.93. The standard InChI is InChI=1S/C15H16N2O3/c1-20-13-6-4-12(5-7-13)14(15(18)19)17-10-11-3-2-8-16-9-11/h2-9,14,17H,10H2,1H3,(H,18,19). The van der Waals surface area contributed by atoms with Gasteiger partial charge in [-0.3, -0.25) is 15.1 Å². The molecule has 1 heterocycles. The Morgan fingerprint density at radius 3 is 2.65 bits per heavy atom. The first-order chi connectivity index (χ1) is 9.70. The van der Waals surface area contributed by atoms with Crippen LogP contribution in [0.1, 0.15) is 17.2 Å². The predicted molar refractivity (Wildman–Crippen MR) is 74.4 cm³/mol. The minimum absolute atomic E-state index is 0.441. The summed E-state index contributed by atoms with van der Waals surface area (Å²) in [6.07, 6.45) is 3.39. The molecule has 0 saturated heterocycles. The van der Waals surface area contributed by atoms with Crippen molar-refractivity contribution in [2.24, 2.45) is 0 Å². The average molecular weight is 272 g/mol. The second kappa shape index (κ2) is 6.68. The van der Waals surface area contributed by atoms with Gasteiger partial charge in [-0.15, -0.1) is 0 Å². The molecule has 0 aliphatic rings. The van der Waals surface area contributed by atoms with Gasteiger partial charge in [0, 0.05) is 18.9 Å². The molecule has 0 saturated carbocycles. The molecule has 2 aromatic rings. The molecule has 104 valence electrons. The Labute approximate surface area is 117 Å². The Balaban J connectivity index is 2.08. The number of benzene rings is 1. The summed E-state index contributed by atoms with van der Waals surface area (Å²) in [5.41, 5.74) is 1.62. The monoisotopic (exact) mass is 272 g/mol. The van der Waals surface area contributed by atoms with E-state index in [1.807, 2.05) is 12.1 Å². The summed E-state index contributed by atoms with van der Waals surface area (Å²) in [5, 5.41) is 12.3. The molecular weight excluding hydrogens is 256 g/mol. The highest BCUT2D eigenvalue weighted by Crippen LogP contribution is 2.18. The van der Waals surface area contributed by atoms with Crippen LogP contribution in [0.15, 0.2) is 48.8 Å². The first-order valence-corrected chi connectivity index (χ1v) is 6.20. The fraction of sp³-hybridized carbons (Fsp3) is 0.200. The Morgan fingerprint density at radius 1 is 1.35 bits per heavy atom. The van der Waals surface area contributed by atoms with Crippen molar-refractivity contribution in [2.75, 3.05) is 7.11 Å². The summed E-state index contributed by atoms with van der Waals surface area (Å²) in [6, 6.07) is 9.93. The molecule has 0 aliphatic heterocycles. The maximum Gasteiger partial charge on any atom is 0.325 e. The number of rotatable bonds is 6. The van der Waals surface area contributed by atoms with Crippen LogP contribution in [-0.2, 0) is 11.3 Å². The van der Waals surface area contributed by atoms with Crippen molar-refractivity contribution < 1.29 is 14.6 Å². The van der Waals surface area contributed by atoms with E-state index in [1.54, 1.807) is 43.8 Å². The van der Waals surface area contributed by atoms with E-state index in [2.05, 4.69) is 10.3 Å². The van der Waals surface area contributed by atoms with Gasteiger partial charge in [0.1, 0.15) is 11.8 Å². The largest absolute Gasteiger partial charge is 0.497 e. The molecule has 0 aliphatic carbocycles. The molecule has 1 atom stereocenters. The SMILES string of the molecule is COc1ccc(C(NCc2cccnc2)C(=O)O)cc1. The second-order valence-corrected chi connectivity index (χ2v) is 4.29. The molecule has 0 bridgehead atoms. The van der Waals surface area contributed by atoms with Gasteiger partial charge in [-0.1, -0.05) is 18.2 Å². The number of carbonyl (C=O) groups is 1. The summed E-state index contributed by atoms with van der Waals surface area (Å²) in [6.45, 7) is 0.441. The Morgan fingerprint density at radius 2 is 2.10 bits per heavy atom. The predicted octanol–water partition coefficient (Wildman–Crippen LogP) is 2.01. The molecule has 5 heteroatoms. The summed E-state index contributed by atoms with van der Waals surface area (Å²) in [5.74, 6) is -0.218. The van der Waals surface area contributed by atoms with Gasteiger partial charge >= 0.3 is 5.97 Å². The van der Waals surface area contributed by atoms with Crippen molar-refractivity contribution in [1.29, 1.82) is 0 Å². The van der Waals surface area contributed by atoms with Crippen LogP contribution in [0.4, 0.5) is 0 Å². The molecule has 2 N–H and O–H groups in total. The lowest BCUT2D eigenvalue weighted by molar-refractivity contribution is -0.139. The summed E-state index contributed by atoms with van der Waals surface area (Å²) in [4.78, 5) is 15.4. The van der Waals surface area contributed by atoms with Crippen molar-refractivity contribution in [2.45, 2.75) is 12.6 Å². The van der Waals surface area contributed by atoms with Gasteiger partial charge in [0.2, 0.25) is 0 Å². The molecule has 1 aromatic carbocycles. The van der Waals surface area contributed by atoms with Crippen LogP contribution < -0.4 is 10.1 Å². The number of pyridine rings is 1. The minimum atomic E-state index is -0.918. The molecule has 20 heavy (non-hydrogen) atoms. The van der Waals surface area contributed by atoms with E-state index < -0.39 is 12.0 Å². The number of hydrogen-bond acceptors (Lipinski definition) is 4. The molecule has 2 rings (SSSR count). The van der Waals surface area contributed by atoms with Crippen LogP contribution in [-0.4, -0.2) is 23.2 Å². The van der Waals surface area contributed by atoms with Crippen LogP contribution in [0, 0.1) is 0 Å². The van der Waals surface area contributed by atoms with Crippen molar-refractivity contribution in [3.63, 3.8) is 0 Å². The zero-order chi connectivity index (χ0) is 14.4. The highest BCUT2D eigenvalue weighted by molar-refractivity contribution is 5.75. The van der Waals surface area contributed by atoms with Gasteiger partial charge in [-0.05, 0) is 29.3 Å². The third-order valence-electron chi connectivity index (χ3n) is 2.93. The van der Waals surface area contributed by atoms with E-state index in [1.165, 1.54) is 0 Å². The average Bonchev–Trinajstić information content (AvgIpc) is 2.49. The molecule has 5 nitrogen and oxygen atoms in total. The van der Waals surface area contributed by atoms with Crippen LogP contribution in [0.3, 0.4) is 0 Å². The molecule has 1 aromatic heterocycles. The maximum atomic E-state index is 11.4. The molecule has 0 amide bonds. The third kappa shape index (κ3) is 3.55. The highest BCUT2D eigenvalue weighted by Gasteiger charge is 2.19. The van der Waals surface area contributed by atoms with E-state index in [0.717, 1.165) is 5.56 Å². The maximum absolute atomic E-state index is 11.4. The van der Waals surface area contributed by atoms with E-state index in [4.69, 9.17) is 4.74 Å². The molecule has 0 fully saturated rings. The summed E-state index contributed by atoms with van der Waals surface area (Å²) >= 11 is 0. The van der Waals surface area contributed by atoms with Gasteiger partial charge in [0.05, 0.1) is 7.11 Å². The van der Waals surface area contributed by atoms with E-state index in [9.17, 15) is 9.90 Å². The number of nitrogens with zero attached hydrogens (tertiary/aromatic N) is 1. The quantitative estimate of drug-likeness (QED) is 0.841. The Kier molecular flexibility index (Phi) is 4.68. The van der Waals surface area contributed by atoms with Gasteiger partial charge in [0.15, 0.2) is 0 Å². The molecule has 0 spiro atoms. The number of hydrogen-bond donors (Lipinski definition) is 2. The second-order valence-electron chi connectivity index (χ2n) is 4.29. The molecule has 0 radical (unpaired) electrons. The zero-order valence-corrected chi connectivity index (χ0v) is 11.1. The number of methoxy groups -OCH3 is 1. The number of ether oxygens (including phenoxy) is 1.